The van der Waals surface area contributed by atoms with E-state index in [0.717, 1.165) is 4.90 Å². The Morgan fingerprint density at radius 3 is 2.15 bits per heavy atom. The lowest BCUT2D eigenvalue weighted by Gasteiger charge is -2.44. The molecule has 0 saturated carbocycles. The third-order valence-corrected chi connectivity index (χ3v) is 12.3. The maximum atomic E-state index is 13.8. The molecule has 1 aromatic carbocycles. The summed E-state index contributed by atoms with van der Waals surface area (Å²) in [6.07, 6.45) is 3.61. The Bertz CT molecular complexity index is 2130. The van der Waals surface area contributed by atoms with Crippen molar-refractivity contribution in [1.29, 1.82) is 5.26 Å². The largest absolute Gasteiger partial charge is 0.494 e. The molecule has 0 aliphatic carbocycles. The number of likely N-dealkylation sites (tertiary alicyclic amines) is 1. The number of fused-ring (bicyclic) bond motifs is 1. The second kappa shape index (κ2) is 24.1. The molecular weight excluding hydrogens is 883 g/mol. The number of unbranched alkanes of at least 4 members (excludes halogenated alkanes) is 2. The number of amides is 4. The third-order valence-electron chi connectivity index (χ3n) is 12.3. The maximum absolute atomic E-state index is 13.8. The molecule has 23 heteroatoms. The van der Waals surface area contributed by atoms with Crippen LogP contribution in [0.5, 0.6) is 5.75 Å². The molecule has 0 spiro atoms. The van der Waals surface area contributed by atoms with Gasteiger partial charge in [-0.3, -0.25) is 58.1 Å². The van der Waals surface area contributed by atoms with E-state index in [0.29, 0.717) is 101 Å². The van der Waals surface area contributed by atoms with Gasteiger partial charge in [0.05, 0.1) is 63.0 Å². The summed E-state index contributed by atoms with van der Waals surface area (Å²) in [4.78, 5) is 100. The highest BCUT2D eigenvalue weighted by atomic mass is 19.3. The van der Waals surface area contributed by atoms with Gasteiger partial charge >= 0.3 is 17.9 Å². The minimum atomic E-state index is -3.17. The standard InChI is InChI=1S/C44H60F2N10O11/c1-51(25-39(60)61)43(28-53(26-40(62)63)13-14-54(29-43)27-41(64)65)10-3-2-6-37(58)55-17-15-52(16-18-55)24-36(57)49-11-4-5-19-67-32-7-8-35-34(20-32)33(9-12-48-35)42(66)50-23-38(59)56-30-44(45,46)21-31(56)22-47/h7-9,12,20,31H,2-6,10-11,13-19,21,23-30H2,1H3,(H,49,57)(H,50,66)(H,60,61)(H,62,63)(H,64,65). The van der Waals surface area contributed by atoms with Crippen molar-refractivity contribution in [2.24, 2.45) is 0 Å². The van der Waals surface area contributed by atoms with Crippen LogP contribution >= 0.6 is 0 Å². The van der Waals surface area contributed by atoms with Crippen LogP contribution in [0.4, 0.5) is 8.78 Å². The van der Waals surface area contributed by atoms with E-state index < -0.39 is 66.7 Å². The number of hydrogen-bond acceptors (Lipinski definition) is 14. The van der Waals surface area contributed by atoms with Crippen molar-refractivity contribution in [2.75, 3.05) is 112 Å². The molecule has 0 radical (unpaired) electrons. The number of nitrogens with one attached hydrogen (secondary N) is 2. The van der Waals surface area contributed by atoms with Crippen molar-refractivity contribution >= 4 is 52.4 Å². The van der Waals surface area contributed by atoms with Crippen LogP contribution in [0.15, 0.2) is 30.5 Å². The number of carboxylic acids is 3. The number of carbonyl (C=O) groups is 7. The molecule has 366 valence electrons. The van der Waals surface area contributed by atoms with E-state index in [1.54, 1.807) is 50.9 Å². The average Bonchev–Trinajstić information content (AvgIpc) is 3.49. The number of piperazine rings is 1. The van der Waals surface area contributed by atoms with Gasteiger partial charge in [0.25, 0.3) is 11.8 Å². The lowest BCUT2D eigenvalue weighted by molar-refractivity contribution is -0.142. The summed E-state index contributed by atoms with van der Waals surface area (Å²) in [5.74, 6) is -7.46. The van der Waals surface area contributed by atoms with Gasteiger partial charge in [-0.2, -0.15) is 5.26 Å². The summed E-state index contributed by atoms with van der Waals surface area (Å²) in [5, 5.41) is 43.6. The second-order valence-electron chi connectivity index (χ2n) is 17.4. The van der Waals surface area contributed by atoms with Crippen LogP contribution in [0.2, 0.25) is 0 Å². The van der Waals surface area contributed by atoms with Gasteiger partial charge in [-0.05, 0) is 57.0 Å². The van der Waals surface area contributed by atoms with Crippen molar-refractivity contribution in [2.45, 2.75) is 62.4 Å². The lowest BCUT2D eigenvalue weighted by atomic mass is 9.88. The van der Waals surface area contributed by atoms with Crippen LogP contribution in [-0.4, -0.2) is 221 Å². The number of aromatic nitrogens is 1. The van der Waals surface area contributed by atoms with Crippen molar-refractivity contribution in [1.82, 2.24) is 45.0 Å². The topological polar surface area (TPSA) is 270 Å². The first-order valence-corrected chi connectivity index (χ1v) is 22.3. The monoisotopic (exact) mass is 942 g/mol. The van der Waals surface area contributed by atoms with Gasteiger partial charge in [-0.1, -0.05) is 6.42 Å². The molecule has 1 unspecified atom stereocenters. The van der Waals surface area contributed by atoms with E-state index in [9.17, 15) is 62.9 Å². The van der Waals surface area contributed by atoms with Gasteiger partial charge in [0, 0.05) is 88.9 Å². The van der Waals surface area contributed by atoms with Gasteiger partial charge in [0.2, 0.25) is 17.7 Å². The molecule has 1 atom stereocenters. The van der Waals surface area contributed by atoms with Gasteiger partial charge in [-0.15, -0.1) is 0 Å². The Kier molecular flexibility index (Phi) is 18.7. The number of nitrogens with zero attached hydrogens (tertiary/aromatic N) is 8. The number of ether oxygens (including phenoxy) is 1. The average molecular weight is 943 g/mol. The molecule has 21 nitrogen and oxygen atoms in total. The normalized spacial score (nSPS) is 18.8. The number of rotatable bonds is 23. The zero-order chi connectivity index (χ0) is 48.7. The molecule has 2 aromatic rings. The fourth-order valence-electron chi connectivity index (χ4n) is 8.84. The first kappa shape index (κ1) is 51.9. The lowest BCUT2D eigenvalue weighted by Crippen LogP contribution is -2.59. The molecule has 1 aromatic heterocycles. The smallest absolute Gasteiger partial charge is 0.317 e. The number of alkyl halides is 2. The number of pyridine rings is 1. The maximum Gasteiger partial charge on any atom is 0.317 e. The predicted molar refractivity (Wildman–Crippen MR) is 235 cm³/mol. The second-order valence-corrected chi connectivity index (χ2v) is 17.4. The van der Waals surface area contributed by atoms with Crippen molar-refractivity contribution in [3.63, 3.8) is 0 Å². The summed E-state index contributed by atoms with van der Waals surface area (Å²) in [7, 11) is 1.65. The fraction of sp³-hybridized carbons (Fsp3) is 0.614. The number of aliphatic carboxylic acids is 3. The van der Waals surface area contributed by atoms with E-state index in [4.69, 9.17) is 4.74 Å². The third kappa shape index (κ3) is 15.5. The van der Waals surface area contributed by atoms with Gasteiger partial charge < -0.3 is 40.5 Å². The molecule has 0 bridgehead atoms. The zero-order valence-electron chi connectivity index (χ0n) is 37.7. The Balaban J connectivity index is 0.988. The van der Waals surface area contributed by atoms with Crippen molar-refractivity contribution in [3.05, 3.63) is 36.0 Å². The summed E-state index contributed by atoms with van der Waals surface area (Å²) in [6.45, 7) is 1.59. The Morgan fingerprint density at radius 2 is 1.51 bits per heavy atom. The molecule has 4 amide bonds. The van der Waals surface area contributed by atoms with Gasteiger partial charge in [-0.25, -0.2) is 8.78 Å². The van der Waals surface area contributed by atoms with E-state index >= 15 is 0 Å². The van der Waals surface area contributed by atoms with Crippen LogP contribution in [0.1, 0.15) is 55.3 Å². The minimum absolute atomic E-state index is 0.0396. The highest BCUT2D eigenvalue weighted by molar-refractivity contribution is 6.07. The van der Waals surface area contributed by atoms with Crippen LogP contribution in [-0.2, 0) is 28.8 Å². The van der Waals surface area contributed by atoms with Crippen molar-refractivity contribution in [3.8, 4) is 11.8 Å². The fourth-order valence-corrected chi connectivity index (χ4v) is 8.84. The zero-order valence-corrected chi connectivity index (χ0v) is 37.7. The summed E-state index contributed by atoms with van der Waals surface area (Å²) >= 11 is 0. The molecule has 3 aliphatic heterocycles. The number of carboxylic acid groups (broad SMARTS) is 3. The van der Waals surface area contributed by atoms with E-state index in [2.05, 4.69) is 15.6 Å². The molecule has 3 aliphatic rings. The Labute approximate surface area is 386 Å². The SMILES string of the molecule is CN(CC(=O)O)C1(CCCCC(=O)N2CCN(CC(=O)NCCCCOc3ccc4nccc(C(=O)NCC(=O)N5CC(F)(F)CC5C#N)c4c3)CC2)CN(CC(=O)O)CCN(CC(=O)O)C1. The molecule has 67 heavy (non-hydrogen) atoms. The van der Waals surface area contributed by atoms with Crippen molar-refractivity contribution < 1.29 is 62.4 Å². The number of carbonyl (C=O) groups excluding carboxylic acids is 4. The van der Waals surface area contributed by atoms with E-state index in [1.165, 1.54) is 12.3 Å². The number of halogens is 2. The molecule has 5 rings (SSSR count). The number of likely N-dealkylation sites (N-methyl/N-ethyl adjacent to an activating group) is 1. The number of hydrogen-bond donors (Lipinski definition) is 5. The Morgan fingerprint density at radius 1 is 0.836 bits per heavy atom. The number of nitriles is 1. The van der Waals surface area contributed by atoms with Gasteiger partial charge in [0.1, 0.15) is 11.8 Å². The predicted octanol–water partition coefficient (Wildman–Crippen LogP) is 0.246. The molecule has 4 heterocycles. The first-order chi connectivity index (χ1) is 31.9. The van der Waals surface area contributed by atoms with Crippen LogP contribution in [0.25, 0.3) is 10.9 Å². The minimum Gasteiger partial charge on any atom is -0.494 e. The Hall–Kier alpha value is -6.09. The van der Waals surface area contributed by atoms with Gasteiger partial charge in [0.15, 0.2) is 0 Å². The van der Waals surface area contributed by atoms with Crippen LogP contribution < -0.4 is 15.4 Å². The quantitative estimate of drug-likeness (QED) is 0.0935. The molecule has 3 fully saturated rings. The van der Waals surface area contributed by atoms with Crippen LogP contribution in [0, 0.1) is 11.3 Å². The van der Waals surface area contributed by atoms with E-state index in [-0.39, 0.29) is 63.1 Å². The summed E-state index contributed by atoms with van der Waals surface area (Å²) in [6, 6.07) is 6.91. The highest BCUT2D eigenvalue weighted by Gasteiger charge is 2.47. The highest BCUT2D eigenvalue weighted by Crippen LogP contribution is 2.32. The molecule has 3 saturated heterocycles. The van der Waals surface area contributed by atoms with E-state index in [1.807, 2.05) is 4.90 Å². The summed E-state index contributed by atoms with van der Waals surface area (Å²) < 4.78 is 33.5. The summed E-state index contributed by atoms with van der Waals surface area (Å²) in [5.41, 5.74) is -0.179. The number of benzene rings is 1. The molecule has 5 N–H and O–H groups in total. The molecular formula is C44H60F2N10O11. The first-order valence-electron chi connectivity index (χ1n) is 22.3. The van der Waals surface area contributed by atoms with Crippen LogP contribution in [0.3, 0.4) is 0 Å².